The summed E-state index contributed by atoms with van der Waals surface area (Å²) in [5, 5.41) is 4.21. The van der Waals surface area contributed by atoms with Gasteiger partial charge in [-0.3, -0.25) is 29.5 Å². The first kappa shape index (κ1) is 36.1. The number of hydrogen-bond acceptors (Lipinski definition) is 6. The highest BCUT2D eigenvalue weighted by Crippen LogP contribution is 2.44. The summed E-state index contributed by atoms with van der Waals surface area (Å²) in [6, 6.07) is 14.3. The van der Waals surface area contributed by atoms with Crippen LogP contribution in [0.5, 0.6) is 5.75 Å². The van der Waals surface area contributed by atoms with Gasteiger partial charge in [-0.25, -0.2) is 13.2 Å². The maximum absolute atomic E-state index is 16.1. The summed E-state index contributed by atoms with van der Waals surface area (Å²) in [5.74, 6) is 3.94. The number of para-hydroxylation sites is 1. The van der Waals surface area contributed by atoms with E-state index < -0.39 is 35.3 Å². The van der Waals surface area contributed by atoms with Crippen LogP contribution in [0.3, 0.4) is 0 Å². The van der Waals surface area contributed by atoms with Gasteiger partial charge >= 0.3 is 0 Å². The molecule has 4 aliphatic rings. The third-order valence-corrected chi connectivity index (χ3v) is 11.5. The van der Waals surface area contributed by atoms with Crippen molar-refractivity contribution in [2.24, 2.45) is 0 Å². The lowest BCUT2D eigenvalue weighted by molar-refractivity contribution is -0.136. The zero-order valence-corrected chi connectivity index (χ0v) is 31.3. The number of nitrogens with zero attached hydrogens (tertiary/aromatic N) is 3. The number of nitrogens with one attached hydrogen (secondary N) is 3. The van der Waals surface area contributed by atoms with Crippen molar-refractivity contribution in [2.75, 3.05) is 26.2 Å². The molecule has 2 saturated heterocycles. The van der Waals surface area contributed by atoms with E-state index in [-0.39, 0.29) is 54.8 Å². The van der Waals surface area contributed by atoms with E-state index in [0.29, 0.717) is 43.9 Å². The van der Waals surface area contributed by atoms with E-state index in [1.165, 1.54) is 30.9 Å². The summed E-state index contributed by atoms with van der Waals surface area (Å²) >= 11 is 0. The fraction of sp³-hybridized carbons (Fsp3) is 0.372. The Hall–Kier alpha value is -5.58. The zero-order valence-electron chi connectivity index (χ0n) is 31.3. The molecule has 288 valence electrons. The number of benzene rings is 3. The van der Waals surface area contributed by atoms with Crippen molar-refractivity contribution in [3.05, 3.63) is 99.9 Å². The molecule has 4 aliphatic heterocycles. The summed E-state index contributed by atoms with van der Waals surface area (Å²) in [4.78, 5) is 49.2. The van der Waals surface area contributed by atoms with E-state index in [1.807, 2.05) is 54.3 Å². The van der Waals surface area contributed by atoms with Crippen molar-refractivity contribution in [1.29, 1.82) is 0 Å². The molecule has 6 heterocycles. The maximum atomic E-state index is 16.1. The number of amides is 3. The van der Waals surface area contributed by atoms with E-state index in [0.717, 1.165) is 38.5 Å². The fourth-order valence-corrected chi connectivity index (χ4v) is 8.86. The van der Waals surface area contributed by atoms with Gasteiger partial charge in [0.25, 0.3) is 5.91 Å². The van der Waals surface area contributed by atoms with Gasteiger partial charge in [-0.2, -0.15) is 0 Å². The Morgan fingerprint density at radius 1 is 0.946 bits per heavy atom. The molecule has 10 nitrogen and oxygen atoms in total. The minimum absolute atomic E-state index is 0.00204. The Balaban J connectivity index is 0.848. The number of carbonyl (C=O) groups is 3. The smallest absolute Gasteiger partial charge is 0.271 e. The largest absolute Gasteiger partial charge is 0.488 e. The molecule has 3 atom stereocenters. The van der Waals surface area contributed by atoms with Crippen LogP contribution < -0.4 is 10.1 Å². The van der Waals surface area contributed by atoms with Crippen molar-refractivity contribution in [3.8, 4) is 17.6 Å². The molecule has 1 unspecified atom stereocenters. The third-order valence-electron chi connectivity index (χ3n) is 11.5. The summed E-state index contributed by atoms with van der Waals surface area (Å²) in [5.41, 5.74) is 3.65. The number of carbonyl (C=O) groups excluding carboxylic acids is 3. The zero-order chi connectivity index (χ0) is 39.0. The Bertz CT molecular complexity index is 2480. The lowest BCUT2D eigenvalue weighted by Gasteiger charge is -2.43. The molecule has 3 amide bonds. The van der Waals surface area contributed by atoms with Gasteiger partial charge < -0.3 is 19.6 Å². The molecule has 9 rings (SSSR count). The predicted molar refractivity (Wildman–Crippen MR) is 204 cm³/mol. The normalized spacial score (nSPS) is 21.9. The second kappa shape index (κ2) is 13.6. The van der Waals surface area contributed by atoms with Crippen LogP contribution in [-0.4, -0.2) is 92.4 Å². The predicted octanol–water partition coefficient (Wildman–Crippen LogP) is 5.89. The minimum atomic E-state index is -1.59. The number of aromatic nitrogens is 2. The van der Waals surface area contributed by atoms with Gasteiger partial charge in [0.2, 0.25) is 11.8 Å². The van der Waals surface area contributed by atoms with Crippen molar-refractivity contribution in [3.63, 3.8) is 0 Å². The molecule has 56 heavy (non-hydrogen) atoms. The first-order chi connectivity index (χ1) is 26.8. The highest BCUT2D eigenvalue weighted by molar-refractivity contribution is 6.08. The summed E-state index contributed by atoms with van der Waals surface area (Å²) in [6.45, 7) is 6.75. The van der Waals surface area contributed by atoms with Crippen LogP contribution in [0.25, 0.3) is 21.8 Å². The average molecular weight is 763 g/mol. The molecule has 0 bridgehead atoms. The highest BCUT2D eigenvalue weighted by Gasteiger charge is 2.42. The van der Waals surface area contributed by atoms with Crippen LogP contribution in [0.4, 0.5) is 13.2 Å². The molecule has 13 heteroatoms. The molecule has 0 saturated carbocycles. The van der Waals surface area contributed by atoms with Crippen LogP contribution in [-0.2, 0) is 22.6 Å². The monoisotopic (exact) mass is 762 g/mol. The molecular weight excluding hydrogens is 722 g/mol. The fourth-order valence-electron chi connectivity index (χ4n) is 8.86. The molecule has 3 aromatic carbocycles. The van der Waals surface area contributed by atoms with Crippen LogP contribution in [0.1, 0.15) is 78.1 Å². The first-order valence-electron chi connectivity index (χ1n) is 19.0. The maximum Gasteiger partial charge on any atom is 0.271 e. The van der Waals surface area contributed by atoms with Crippen LogP contribution in [0, 0.1) is 23.5 Å². The van der Waals surface area contributed by atoms with Gasteiger partial charge in [0.1, 0.15) is 40.9 Å². The lowest BCUT2D eigenvalue weighted by atomic mass is 9.87. The molecule has 2 aromatic heterocycles. The number of rotatable bonds is 7. The van der Waals surface area contributed by atoms with E-state index in [2.05, 4.69) is 32.0 Å². The highest BCUT2D eigenvalue weighted by atomic mass is 19.1. The van der Waals surface area contributed by atoms with Crippen LogP contribution in [0.15, 0.2) is 54.6 Å². The molecule has 0 aliphatic carbocycles. The van der Waals surface area contributed by atoms with Crippen molar-refractivity contribution >= 4 is 39.5 Å². The number of hydrogen-bond donors (Lipinski definition) is 3. The number of likely N-dealkylation sites (tertiary alicyclic amines) is 1. The lowest BCUT2D eigenvalue weighted by Crippen LogP contribution is -2.53. The number of ether oxygens (including phenoxy) is 1. The van der Waals surface area contributed by atoms with E-state index >= 15 is 13.2 Å². The number of alkyl halides is 1. The third kappa shape index (κ3) is 6.40. The second-order valence-electron chi connectivity index (χ2n) is 16.1. The van der Waals surface area contributed by atoms with E-state index in [4.69, 9.17) is 4.74 Å². The number of aromatic amines is 2. The average Bonchev–Trinajstić information content (AvgIpc) is 3.77. The van der Waals surface area contributed by atoms with Gasteiger partial charge in [-0.1, -0.05) is 36.1 Å². The summed E-state index contributed by atoms with van der Waals surface area (Å²) in [7, 11) is 0. The van der Waals surface area contributed by atoms with Gasteiger partial charge in [0.05, 0.1) is 12.6 Å². The SMILES string of the molecule is C[C@@H]1Cc2c([nH]c3ccccc23)[C@@H](c2c(F)cc(OC3CN(CC#Cc4ccc5c6c([nH]c5c4)C(=O)N(C4CCC(=O)NC4=O)C6)C3)cc2F)N1CC(C)(C)F. The molecule has 5 aromatic rings. The molecule has 0 spiro atoms. The van der Waals surface area contributed by atoms with Gasteiger partial charge in [0, 0.05) is 95.0 Å². The minimum Gasteiger partial charge on any atom is -0.488 e. The topological polar surface area (TPSA) is 114 Å². The van der Waals surface area contributed by atoms with Crippen molar-refractivity contribution in [2.45, 2.75) is 76.5 Å². The Labute approximate surface area is 321 Å². The molecule has 3 N–H and O–H groups in total. The number of fused-ring (bicyclic) bond motifs is 6. The second-order valence-corrected chi connectivity index (χ2v) is 16.1. The van der Waals surface area contributed by atoms with Gasteiger partial charge in [0.15, 0.2) is 0 Å². The summed E-state index contributed by atoms with van der Waals surface area (Å²) in [6.07, 6.45) is 0.863. The molecule has 0 radical (unpaired) electrons. The molecular formula is C43H41F3N6O4. The number of piperidine rings is 1. The van der Waals surface area contributed by atoms with E-state index in [1.54, 1.807) is 0 Å². The first-order valence-corrected chi connectivity index (χ1v) is 19.0. The van der Waals surface area contributed by atoms with Gasteiger partial charge in [-0.05, 0) is 57.4 Å². The quantitative estimate of drug-likeness (QED) is 0.141. The molecule has 2 fully saturated rings. The van der Waals surface area contributed by atoms with Crippen LogP contribution >= 0.6 is 0 Å². The van der Waals surface area contributed by atoms with Crippen molar-refractivity contribution in [1.82, 2.24) is 30.0 Å². The number of halogens is 3. The van der Waals surface area contributed by atoms with Crippen molar-refractivity contribution < 1.29 is 32.3 Å². The summed E-state index contributed by atoms with van der Waals surface area (Å²) < 4.78 is 53.4. The Kier molecular flexibility index (Phi) is 8.74. The number of imide groups is 1. The van der Waals surface area contributed by atoms with Crippen LogP contribution in [0.2, 0.25) is 0 Å². The standard InChI is InChI=1S/C43H41F3N6O4/c1-23-15-29-27-8-4-5-9-33(27)47-38(29)40(52(23)22-43(2,3)46)37-31(44)17-25(18-32(37)45)56-26-19-50(20-26)14-6-7-24-10-11-28-30-21-51(35-12-13-36(53)49-41(35)54)42(55)39(30)48-34(28)16-24/h4-5,8-11,16-18,23,26,35,40,47-48H,12-15,19-22H2,1-3H3,(H,49,53,54)/t23-,35?,40-/m1/s1. The van der Waals surface area contributed by atoms with Gasteiger partial charge in [-0.15, -0.1) is 0 Å². The Morgan fingerprint density at radius 2 is 1.70 bits per heavy atom. The van der Waals surface area contributed by atoms with E-state index in [9.17, 15) is 14.4 Å². The Morgan fingerprint density at radius 3 is 2.45 bits per heavy atom. The number of H-pyrrole nitrogens is 2.